The van der Waals surface area contributed by atoms with Crippen LogP contribution in [0, 0.1) is 0 Å². The highest BCUT2D eigenvalue weighted by Gasteiger charge is 2.45. The van der Waals surface area contributed by atoms with Gasteiger partial charge in [-0.05, 0) is 36.4 Å². The molecule has 1 aliphatic carbocycles. The first kappa shape index (κ1) is 17.2. The van der Waals surface area contributed by atoms with Gasteiger partial charge in [0.05, 0.1) is 16.9 Å². The summed E-state index contributed by atoms with van der Waals surface area (Å²) < 4.78 is 5.51. The molecular weight excluding hydrogens is 380 g/mol. The van der Waals surface area contributed by atoms with E-state index in [1.807, 2.05) is 17.5 Å². The van der Waals surface area contributed by atoms with Crippen molar-refractivity contribution in [1.82, 2.24) is 14.8 Å². The Bertz CT molecular complexity index is 949. The molecule has 2 aromatic rings. The molecule has 2 aromatic heterocycles. The number of hydrogen-bond acceptors (Lipinski definition) is 6. The quantitative estimate of drug-likeness (QED) is 0.724. The van der Waals surface area contributed by atoms with Gasteiger partial charge in [-0.3, -0.25) is 14.5 Å². The predicted octanol–water partition coefficient (Wildman–Crippen LogP) is 2.45. The van der Waals surface area contributed by atoms with Crippen molar-refractivity contribution in [3.8, 4) is 0 Å². The Hall–Kier alpha value is -2.94. The van der Waals surface area contributed by atoms with Crippen LogP contribution in [-0.4, -0.2) is 57.5 Å². The molecule has 0 radical (unpaired) electrons. The zero-order chi connectivity index (χ0) is 19.3. The van der Waals surface area contributed by atoms with Gasteiger partial charge in [-0.1, -0.05) is 6.07 Å². The van der Waals surface area contributed by atoms with Gasteiger partial charge >= 0.3 is 6.03 Å². The van der Waals surface area contributed by atoms with Crippen molar-refractivity contribution in [1.29, 1.82) is 0 Å². The van der Waals surface area contributed by atoms with Gasteiger partial charge in [-0.25, -0.2) is 9.80 Å². The molecule has 5 rings (SSSR count). The number of thiophene rings is 1. The molecule has 4 amide bonds. The summed E-state index contributed by atoms with van der Waals surface area (Å²) in [6, 6.07) is 6.84. The number of hydrazone groups is 1. The maximum absolute atomic E-state index is 13.0. The average Bonchev–Trinajstić information content (AvgIpc) is 3.13. The van der Waals surface area contributed by atoms with Gasteiger partial charge in [0.25, 0.3) is 11.8 Å². The number of carbonyl (C=O) groups excluding carboxylic acids is 3. The Morgan fingerprint density at radius 2 is 2.11 bits per heavy atom. The molecule has 1 saturated carbocycles. The van der Waals surface area contributed by atoms with Crippen LogP contribution in [0.15, 0.2) is 45.4 Å². The second-order valence-corrected chi connectivity index (χ2v) is 8.07. The van der Waals surface area contributed by atoms with Gasteiger partial charge in [0, 0.05) is 12.5 Å². The SMILES string of the molecule is O=C1CN(C2CC2)C(=O)N1CC(=O)N1N=C(c2cccs2)CC1c1ccco1. The Kier molecular flexibility index (Phi) is 4.04. The lowest BCUT2D eigenvalue weighted by atomic mass is 10.1. The second kappa shape index (κ2) is 6.59. The molecule has 28 heavy (non-hydrogen) atoms. The molecule has 0 N–H and O–H groups in total. The smallest absolute Gasteiger partial charge is 0.327 e. The third-order valence-corrected chi connectivity index (χ3v) is 6.13. The van der Waals surface area contributed by atoms with E-state index in [1.54, 1.807) is 34.6 Å². The number of amides is 4. The molecule has 1 unspecified atom stereocenters. The molecule has 1 saturated heterocycles. The first-order valence-corrected chi connectivity index (χ1v) is 10.1. The first-order chi connectivity index (χ1) is 13.6. The zero-order valence-corrected chi connectivity index (χ0v) is 15.8. The number of imide groups is 1. The van der Waals surface area contributed by atoms with Crippen molar-refractivity contribution < 1.29 is 18.8 Å². The van der Waals surface area contributed by atoms with Crippen LogP contribution in [0.5, 0.6) is 0 Å². The lowest BCUT2D eigenvalue weighted by Gasteiger charge is -2.22. The first-order valence-electron chi connectivity index (χ1n) is 9.19. The molecule has 0 bridgehead atoms. The minimum atomic E-state index is -0.396. The van der Waals surface area contributed by atoms with Crippen molar-refractivity contribution in [2.75, 3.05) is 13.1 Å². The number of rotatable bonds is 5. The van der Waals surface area contributed by atoms with Crippen molar-refractivity contribution in [3.05, 3.63) is 46.5 Å². The van der Waals surface area contributed by atoms with Gasteiger partial charge in [-0.2, -0.15) is 5.10 Å². The van der Waals surface area contributed by atoms with E-state index in [4.69, 9.17) is 4.42 Å². The summed E-state index contributed by atoms with van der Waals surface area (Å²) >= 11 is 1.55. The van der Waals surface area contributed by atoms with Crippen molar-refractivity contribution >= 4 is 34.9 Å². The molecule has 0 spiro atoms. The maximum atomic E-state index is 13.0. The van der Waals surface area contributed by atoms with Crippen LogP contribution in [-0.2, 0) is 9.59 Å². The van der Waals surface area contributed by atoms with Crippen LogP contribution in [0.1, 0.15) is 35.9 Å². The third kappa shape index (κ3) is 2.91. The van der Waals surface area contributed by atoms with Crippen molar-refractivity contribution in [2.24, 2.45) is 5.10 Å². The summed E-state index contributed by atoms with van der Waals surface area (Å²) in [5, 5.41) is 7.83. The molecule has 9 heteroatoms. The van der Waals surface area contributed by atoms with Crippen molar-refractivity contribution in [3.63, 3.8) is 0 Å². The van der Waals surface area contributed by atoms with E-state index in [9.17, 15) is 14.4 Å². The van der Waals surface area contributed by atoms with Gasteiger partial charge in [0.2, 0.25) is 0 Å². The van der Waals surface area contributed by atoms with Gasteiger partial charge in [0.1, 0.15) is 24.9 Å². The molecular formula is C19H18N4O4S. The van der Waals surface area contributed by atoms with E-state index in [0.717, 1.165) is 28.3 Å². The highest BCUT2D eigenvalue weighted by Crippen LogP contribution is 2.35. The zero-order valence-electron chi connectivity index (χ0n) is 15.0. The summed E-state index contributed by atoms with van der Waals surface area (Å²) in [6.07, 6.45) is 3.92. The molecule has 3 aliphatic rings. The second-order valence-electron chi connectivity index (χ2n) is 7.12. The highest BCUT2D eigenvalue weighted by molar-refractivity contribution is 7.12. The van der Waals surface area contributed by atoms with Gasteiger partial charge < -0.3 is 9.32 Å². The summed E-state index contributed by atoms with van der Waals surface area (Å²) in [4.78, 5) is 41.4. The Balaban J connectivity index is 1.38. The lowest BCUT2D eigenvalue weighted by Crippen LogP contribution is -2.42. The predicted molar refractivity (Wildman–Crippen MR) is 101 cm³/mol. The van der Waals surface area contributed by atoms with Gasteiger partial charge in [0.15, 0.2) is 0 Å². The minimum absolute atomic E-state index is 0.0576. The lowest BCUT2D eigenvalue weighted by molar-refractivity contribution is -0.138. The number of nitrogens with zero attached hydrogens (tertiary/aromatic N) is 4. The fourth-order valence-corrected chi connectivity index (χ4v) is 4.35. The van der Waals surface area contributed by atoms with Crippen LogP contribution in [0.2, 0.25) is 0 Å². The minimum Gasteiger partial charge on any atom is -0.467 e. The van der Waals surface area contributed by atoms with Crippen LogP contribution in [0.3, 0.4) is 0 Å². The van der Waals surface area contributed by atoms with E-state index in [2.05, 4.69) is 5.10 Å². The van der Waals surface area contributed by atoms with Crippen LogP contribution < -0.4 is 0 Å². The number of furan rings is 1. The summed E-state index contributed by atoms with van der Waals surface area (Å²) in [5.74, 6) is -0.101. The Morgan fingerprint density at radius 3 is 2.79 bits per heavy atom. The largest absolute Gasteiger partial charge is 0.467 e. The molecule has 1 atom stereocenters. The molecule has 2 fully saturated rings. The van der Waals surface area contributed by atoms with Crippen LogP contribution in [0.25, 0.3) is 0 Å². The summed E-state index contributed by atoms with van der Waals surface area (Å²) in [5.41, 5.74) is 0.795. The Morgan fingerprint density at radius 1 is 1.25 bits per heavy atom. The maximum Gasteiger partial charge on any atom is 0.327 e. The fourth-order valence-electron chi connectivity index (χ4n) is 3.63. The van der Waals surface area contributed by atoms with E-state index in [1.165, 1.54) is 5.01 Å². The Labute approximate surface area is 165 Å². The fraction of sp³-hybridized carbons (Fsp3) is 0.368. The number of urea groups is 1. The summed E-state index contributed by atoms with van der Waals surface area (Å²) in [7, 11) is 0. The third-order valence-electron chi connectivity index (χ3n) is 5.21. The van der Waals surface area contributed by atoms with E-state index in [0.29, 0.717) is 12.2 Å². The monoisotopic (exact) mass is 398 g/mol. The normalized spacial score (nSPS) is 22.4. The molecule has 4 heterocycles. The topological polar surface area (TPSA) is 86.4 Å². The number of hydrogen-bond donors (Lipinski definition) is 0. The average molecular weight is 398 g/mol. The van der Waals surface area contributed by atoms with Crippen LogP contribution >= 0.6 is 11.3 Å². The van der Waals surface area contributed by atoms with E-state index >= 15 is 0 Å². The van der Waals surface area contributed by atoms with E-state index in [-0.39, 0.29) is 37.1 Å². The van der Waals surface area contributed by atoms with Gasteiger partial charge in [-0.15, -0.1) is 11.3 Å². The molecule has 144 valence electrons. The summed E-state index contributed by atoms with van der Waals surface area (Å²) in [6.45, 7) is -0.249. The molecule has 8 nitrogen and oxygen atoms in total. The van der Waals surface area contributed by atoms with Crippen molar-refractivity contribution in [2.45, 2.75) is 31.3 Å². The van der Waals surface area contributed by atoms with E-state index < -0.39 is 5.91 Å². The number of carbonyl (C=O) groups is 3. The van der Waals surface area contributed by atoms with Crippen LogP contribution in [0.4, 0.5) is 4.79 Å². The molecule has 2 aliphatic heterocycles. The highest BCUT2D eigenvalue weighted by atomic mass is 32.1. The molecule has 0 aromatic carbocycles. The standard InChI is InChI=1S/C19H18N4O4S/c24-17-10-21(12-5-6-12)19(26)22(17)11-18(25)23-14(15-3-1-7-27-15)9-13(20-23)16-4-2-8-28-16/h1-4,7-8,12,14H,5-6,9-11H2.